The predicted molar refractivity (Wildman–Crippen MR) is 97.2 cm³/mol. The number of allylic oxidation sites excluding steroid dienone is 1. The van der Waals surface area contributed by atoms with Gasteiger partial charge in [0.15, 0.2) is 0 Å². The number of hydrogen-bond donors (Lipinski definition) is 4. The van der Waals surface area contributed by atoms with Crippen molar-refractivity contribution in [2.75, 3.05) is 0 Å². The molecule has 0 saturated carbocycles. The van der Waals surface area contributed by atoms with Crippen molar-refractivity contribution in [3.05, 3.63) is 12.2 Å². The van der Waals surface area contributed by atoms with Crippen molar-refractivity contribution < 1.29 is 39.6 Å². The van der Waals surface area contributed by atoms with Crippen LogP contribution in [0, 0.1) is 0 Å². The molecule has 152 valence electrons. The second kappa shape index (κ2) is 22.6. The highest BCUT2D eigenvalue weighted by Crippen LogP contribution is 2.08. The Hall–Kier alpha value is -2.38. The largest absolute Gasteiger partial charge is 0.481 e. The monoisotopic (exact) mass is 376 g/mol. The van der Waals surface area contributed by atoms with E-state index in [2.05, 4.69) is 0 Å². The highest BCUT2D eigenvalue weighted by molar-refractivity contribution is 5.79. The lowest BCUT2D eigenvalue weighted by Gasteiger charge is -1.98. The predicted octanol–water partition coefficient (Wildman–Crippen LogP) is 3.79. The Balaban J connectivity index is -0.000000434. The molecule has 0 aromatic rings. The first-order chi connectivity index (χ1) is 12.1. The molecule has 0 unspecified atom stereocenters. The summed E-state index contributed by atoms with van der Waals surface area (Å²) in [5.74, 6) is -3.16. The molecule has 0 aliphatic carbocycles. The fraction of sp³-hybridized carbons (Fsp3) is 0.667. The Morgan fingerprint density at radius 1 is 0.731 bits per heavy atom. The first-order valence-corrected chi connectivity index (χ1v) is 8.66. The van der Waals surface area contributed by atoms with Gasteiger partial charge in [-0.1, -0.05) is 38.7 Å². The maximum atomic E-state index is 10.2. The quantitative estimate of drug-likeness (QED) is 0.297. The van der Waals surface area contributed by atoms with Gasteiger partial charge in [-0.2, -0.15) is 0 Å². The van der Waals surface area contributed by atoms with Crippen LogP contribution in [0.2, 0.25) is 0 Å². The SMILES string of the molecule is CC(=O)O.CCCC(=O)O.O=C(O)/C=C/CCCCCCCCC(=O)O. The van der Waals surface area contributed by atoms with Crippen molar-refractivity contribution in [1.82, 2.24) is 0 Å². The molecule has 0 amide bonds. The zero-order valence-corrected chi connectivity index (χ0v) is 15.6. The standard InChI is InChI=1S/C12H20O4.C4H8O2.C2H4O2/c13-11(14)9-7-5-3-1-2-4-6-8-10-12(15)16;1-2-3-4(5)6;1-2(3)4/h7,9H,1-6,8,10H2,(H,13,14)(H,15,16);2-3H2,1H3,(H,5,6);1H3,(H,3,4)/b9-7+;;. The van der Waals surface area contributed by atoms with E-state index in [0.29, 0.717) is 6.42 Å². The highest BCUT2D eigenvalue weighted by Gasteiger charge is 1.96. The fourth-order valence-corrected chi connectivity index (χ4v) is 1.64. The van der Waals surface area contributed by atoms with Crippen molar-refractivity contribution in [2.45, 2.75) is 78.1 Å². The fourth-order valence-electron chi connectivity index (χ4n) is 1.64. The summed E-state index contributed by atoms with van der Waals surface area (Å²) < 4.78 is 0. The van der Waals surface area contributed by atoms with E-state index in [1.165, 1.54) is 6.08 Å². The van der Waals surface area contributed by atoms with Gasteiger partial charge >= 0.3 is 17.9 Å². The van der Waals surface area contributed by atoms with E-state index >= 15 is 0 Å². The number of carbonyl (C=O) groups is 4. The minimum absolute atomic E-state index is 0.265. The topological polar surface area (TPSA) is 149 Å². The number of carboxylic acid groups (broad SMARTS) is 4. The molecule has 0 radical (unpaired) electrons. The van der Waals surface area contributed by atoms with Crippen LogP contribution in [0.3, 0.4) is 0 Å². The van der Waals surface area contributed by atoms with Crippen molar-refractivity contribution >= 4 is 23.9 Å². The number of aliphatic carboxylic acids is 4. The van der Waals surface area contributed by atoms with Crippen LogP contribution in [0.25, 0.3) is 0 Å². The second-order valence-corrected chi connectivity index (χ2v) is 5.46. The van der Waals surface area contributed by atoms with Crippen LogP contribution in [0.5, 0.6) is 0 Å². The Labute approximate surface area is 154 Å². The number of hydrogen-bond acceptors (Lipinski definition) is 4. The zero-order valence-electron chi connectivity index (χ0n) is 15.6. The molecule has 4 N–H and O–H groups in total. The first kappa shape index (κ1) is 28.4. The third kappa shape index (κ3) is 49.6. The number of unbranched alkanes of at least 4 members (excludes halogenated alkanes) is 6. The molecule has 0 spiro atoms. The van der Waals surface area contributed by atoms with E-state index in [1.54, 1.807) is 6.08 Å². The Morgan fingerprint density at radius 3 is 1.50 bits per heavy atom. The van der Waals surface area contributed by atoms with Gasteiger partial charge < -0.3 is 20.4 Å². The molecule has 0 saturated heterocycles. The summed E-state index contributed by atoms with van der Waals surface area (Å²) >= 11 is 0. The van der Waals surface area contributed by atoms with Crippen LogP contribution in [-0.2, 0) is 19.2 Å². The summed E-state index contributed by atoms with van der Waals surface area (Å²) in [4.78, 5) is 38.9. The maximum absolute atomic E-state index is 10.2. The average molecular weight is 376 g/mol. The van der Waals surface area contributed by atoms with Crippen LogP contribution in [-0.4, -0.2) is 44.3 Å². The second-order valence-electron chi connectivity index (χ2n) is 5.46. The van der Waals surface area contributed by atoms with E-state index in [1.807, 2.05) is 6.92 Å². The van der Waals surface area contributed by atoms with Crippen LogP contribution in [0.4, 0.5) is 0 Å². The number of carboxylic acids is 4. The summed E-state index contributed by atoms with van der Waals surface area (Å²) in [6.45, 7) is 2.92. The lowest BCUT2D eigenvalue weighted by Crippen LogP contribution is -1.93. The summed E-state index contributed by atoms with van der Waals surface area (Å²) in [6.07, 6.45) is 10.9. The molecule has 0 rings (SSSR count). The van der Waals surface area contributed by atoms with Gasteiger partial charge in [0.25, 0.3) is 5.97 Å². The Bertz CT molecular complexity index is 411. The number of rotatable bonds is 12. The minimum atomic E-state index is -0.895. The zero-order chi connectivity index (χ0) is 20.8. The van der Waals surface area contributed by atoms with E-state index in [4.69, 9.17) is 25.2 Å². The molecule has 0 heterocycles. The molecule has 8 heteroatoms. The lowest BCUT2D eigenvalue weighted by molar-refractivity contribution is -0.138. The first-order valence-electron chi connectivity index (χ1n) is 8.66. The van der Waals surface area contributed by atoms with E-state index in [-0.39, 0.29) is 6.42 Å². The van der Waals surface area contributed by atoms with E-state index in [9.17, 15) is 14.4 Å². The smallest absolute Gasteiger partial charge is 0.327 e. The van der Waals surface area contributed by atoms with E-state index in [0.717, 1.165) is 58.3 Å². The van der Waals surface area contributed by atoms with Gasteiger partial charge in [-0.3, -0.25) is 14.4 Å². The average Bonchev–Trinajstić information content (AvgIpc) is 2.48. The van der Waals surface area contributed by atoms with Crippen LogP contribution >= 0.6 is 0 Å². The third-order valence-corrected chi connectivity index (χ3v) is 2.74. The molecule has 0 aliphatic rings. The molecule has 26 heavy (non-hydrogen) atoms. The molecular formula is C18H32O8. The molecular weight excluding hydrogens is 344 g/mol. The van der Waals surface area contributed by atoms with Crippen LogP contribution < -0.4 is 0 Å². The van der Waals surface area contributed by atoms with Gasteiger partial charge in [0.1, 0.15) is 0 Å². The lowest BCUT2D eigenvalue weighted by atomic mass is 10.1. The van der Waals surface area contributed by atoms with Crippen molar-refractivity contribution in [1.29, 1.82) is 0 Å². The van der Waals surface area contributed by atoms with Crippen molar-refractivity contribution in [2.24, 2.45) is 0 Å². The van der Waals surface area contributed by atoms with Crippen molar-refractivity contribution in [3.8, 4) is 0 Å². The highest BCUT2D eigenvalue weighted by atomic mass is 16.4. The third-order valence-electron chi connectivity index (χ3n) is 2.74. The van der Waals surface area contributed by atoms with Crippen LogP contribution in [0.1, 0.15) is 78.1 Å². The minimum Gasteiger partial charge on any atom is -0.481 e. The summed E-state index contributed by atoms with van der Waals surface area (Å²) in [5, 5.41) is 32.1. The molecule has 0 aromatic carbocycles. The van der Waals surface area contributed by atoms with Crippen LogP contribution in [0.15, 0.2) is 12.2 Å². The van der Waals surface area contributed by atoms with Crippen molar-refractivity contribution in [3.63, 3.8) is 0 Å². The van der Waals surface area contributed by atoms with Gasteiger partial charge in [0.2, 0.25) is 0 Å². The van der Waals surface area contributed by atoms with Gasteiger partial charge in [0, 0.05) is 25.8 Å². The van der Waals surface area contributed by atoms with Gasteiger partial charge in [-0.15, -0.1) is 0 Å². The summed E-state index contributed by atoms with van der Waals surface area (Å²) in [6, 6.07) is 0. The Morgan fingerprint density at radius 2 is 1.15 bits per heavy atom. The normalized spacial score (nSPS) is 9.46. The molecule has 0 fully saturated rings. The Kier molecular flexibility index (Phi) is 24.7. The van der Waals surface area contributed by atoms with Gasteiger partial charge in [0.05, 0.1) is 0 Å². The molecule has 0 atom stereocenters. The molecule has 8 nitrogen and oxygen atoms in total. The summed E-state index contributed by atoms with van der Waals surface area (Å²) in [7, 11) is 0. The molecule has 0 bridgehead atoms. The van der Waals surface area contributed by atoms with Gasteiger partial charge in [-0.05, 0) is 25.7 Å². The molecule has 0 aromatic heterocycles. The van der Waals surface area contributed by atoms with Gasteiger partial charge in [-0.25, -0.2) is 4.79 Å². The summed E-state index contributed by atoms with van der Waals surface area (Å²) in [5.41, 5.74) is 0. The van der Waals surface area contributed by atoms with E-state index < -0.39 is 23.9 Å². The maximum Gasteiger partial charge on any atom is 0.327 e. The molecule has 0 aliphatic heterocycles.